The highest BCUT2D eigenvalue weighted by atomic mass is 32.1. The van der Waals surface area contributed by atoms with Crippen LogP contribution < -0.4 is 5.32 Å². The number of rotatable bonds is 5. The van der Waals surface area contributed by atoms with E-state index < -0.39 is 0 Å². The average molecular weight is 418 g/mol. The van der Waals surface area contributed by atoms with E-state index in [9.17, 15) is 0 Å². The number of aryl methyl sites for hydroxylation is 2. The van der Waals surface area contributed by atoms with Crippen LogP contribution in [-0.2, 0) is 13.5 Å². The summed E-state index contributed by atoms with van der Waals surface area (Å²) < 4.78 is 8.43. The fourth-order valence-electron chi connectivity index (χ4n) is 3.78. The molecule has 1 N–H and O–H groups in total. The van der Waals surface area contributed by atoms with Crippen LogP contribution in [0.2, 0.25) is 0 Å². The van der Waals surface area contributed by atoms with Crippen LogP contribution in [-0.4, -0.2) is 34.7 Å². The van der Waals surface area contributed by atoms with Crippen LogP contribution in [0.3, 0.4) is 0 Å². The topological polar surface area (TPSA) is 73.5 Å². The van der Waals surface area contributed by atoms with Crippen LogP contribution in [0.15, 0.2) is 42.7 Å². The number of hydrogen-bond donors (Lipinski definition) is 1. The molecule has 5 rings (SSSR count). The molecule has 5 aromatic rings. The van der Waals surface area contributed by atoms with Crippen LogP contribution in [0.5, 0.6) is 0 Å². The summed E-state index contributed by atoms with van der Waals surface area (Å²) in [7, 11) is 1.96. The first kappa shape index (κ1) is 18.7. The molecule has 0 amide bonds. The molecule has 7 nitrogen and oxygen atoms in total. The van der Waals surface area contributed by atoms with Gasteiger partial charge in [0, 0.05) is 36.0 Å². The number of anilines is 1. The molecule has 0 aliphatic rings. The lowest BCUT2D eigenvalue weighted by atomic mass is 10.2. The van der Waals surface area contributed by atoms with Gasteiger partial charge in [-0.1, -0.05) is 6.07 Å². The Bertz CT molecular complexity index is 1360. The number of hydrogen-bond acceptors (Lipinski definition) is 6. The average Bonchev–Trinajstić information content (AvgIpc) is 3.41. The lowest BCUT2D eigenvalue weighted by molar-refractivity contribution is 0.797. The Labute approximate surface area is 178 Å². The van der Waals surface area contributed by atoms with E-state index in [0.29, 0.717) is 6.42 Å². The largest absolute Gasteiger partial charge is 0.366 e. The van der Waals surface area contributed by atoms with Gasteiger partial charge in [-0.15, -0.1) is 0 Å². The second kappa shape index (κ2) is 7.21. The summed E-state index contributed by atoms with van der Waals surface area (Å²) in [6.45, 7) is 6.25. The van der Waals surface area contributed by atoms with Crippen LogP contribution in [0.4, 0.5) is 5.82 Å². The molecule has 0 aliphatic heterocycles. The first-order chi connectivity index (χ1) is 14.5. The fraction of sp³-hybridized carbons (Fsp3) is 0.273. The third-order valence-electron chi connectivity index (χ3n) is 5.04. The van der Waals surface area contributed by atoms with Crippen molar-refractivity contribution in [2.75, 3.05) is 5.32 Å². The number of nitrogens with zero attached hydrogens (tertiary/aromatic N) is 6. The van der Waals surface area contributed by atoms with Gasteiger partial charge in [-0.25, -0.2) is 9.97 Å². The Balaban J connectivity index is 1.68. The van der Waals surface area contributed by atoms with Crippen molar-refractivity contribution in [3.63, 3.8) is 0 Å². The van der Waals surface area contributed by atoms with Crippen LogP contribution in [0.1, 0.15) is 30.2 Å². The molecule has 0 spiro atoms. The number of fused-ring (bicyclic) bond motifs is 2. The molecule has 0 bridgehead atoms. The van der Waals surface area contributed by atoms with Gasteiger partial charge in [0.15, 0.2) is 5.82 Å². The van der Waals surface area contributed by atoms with E-state index in [1.807, 2.05) is 24.9 Å². The summed E-state index contributed by atoms with van der Waals surface area (Å²) in [4.78, 5) is 10.9. The zero-order chi connectivity index (χ0) is 20.8. The number of aromatic nitrogens is 6. The Morgan fingerprint density at radius 2 is 2.03 bits per heavy atom. The number of benzene rings is 1. The Hall–Kier alpha value is -3.26. The molecule has 0 aliphatic carbocycles. The van der Waals surface area contributed by atoms with E-state index in [1.54, 1.807) is 0 Å². The zero-order valence-electron chi connectivity index (χ0n) is 17.4. The molecule has 30 heavy (non-hydrogen) atoms. The van der Waals surface area contributed by atoms with Crippen molar-refractivity contribution in [2.24, 2.45) is 7.05 Å². The minimum Gasteiger partial charge on any atom is -0.366 e. The van der Waals surface area contributed by atoms with E-state index in [0.717, 1.165) is 45.0 Å². The highest BCUT2D eigenvalue weighted by molar-refractivity contribution is 7.05. The maximum absolute atomic E-state index is 4.90. The van der Waals surface area contributed by atoms with Crippen LogP contribution in [0.25, 0.3) is 27.6 Å². The van der Waals surface area contributed by atoms with Gasteiger partial charge in [0.2, 0.25) is 0 Å². The molecular formula is C22H23N7S. The molecule has 1 aromatic carbocycles. The molecule has 4 aromatic heterocycles. The summed E-state index contributed by atoms with van der Waals surface area (Å²) in [6.07, 6.45) is 4.65. The summed E-state index contributed by atoms with van der Waals surface area (Å²) in [5, 5.41) is 9.05. The van der Waals surface area contributed by atoms with Gasteiger partial charge in [0.05, 0.1) is 28.6 Å². The van der Waals surface area contributed by atoms with Gasteiger partial charge in [-0.2, -0.15) is 9.47 Å². The van der Waals surface area contributed by atoms with E-state index >= 15 is 0 Å². The molecule has 0 fully saturated rings. The molecule has 152 valence electrons. The molecule has 0 saturated carbocycles. The smallest absolute Gasteiger partial charge is 0.154 e. The van der Waals surface area contributed by atoms with Gasteiger partial charge in [-0.05, 0) is 56.6 Å². The van der Waals surface area contributed by atoms with Crippen molar-refractivity contribution in [1.29, 1.82) is 0 Å². The predicted molar refractivity (Wildman–Crippen MR) is 122 cm³/mol. The quantitative estimate of drug-likeness (QED) is 0.456. The minimum atomic E-state index is 0.249. The van der Waals surface area contributed by atoms with E-state index in [-0.39, 0.29) is 6.04 Å². The van der Waals surface area contributed by atoms with E-state index in [4.69, 9.17) is 9.97 Å². The molecule has 0 unspecified atom stereocenters. The van der Waals surface area contributed by atoms with Crippen molar-refractivity contribution < 1.29 is 0 Å². The Morgan fingerprint density at radius 1 is 1.17 bits per heavy atom. The van der Waals surface area contributed by atoms with Crippen molar-refractivity contribution in [3.05, 3.63) is 59.1 Å². The molecule has 0 radical (unpaired) electrons. The first-order valence-electron chi connectivity index (χ1n) is 9.97. The monoisotopic (exact) mass is 417 g/mol. The summed E-state index contributed by atoms with van der Waals surface area (Å²) in [5.74, 6) is 1.64. The molecular weight excluding hydrogens is 394 g/mol. The normalized spacial score (nSPS) is 11.8. The van der Waals surface area contributed by atoms with E-state index in [1.165, 1.54) is 16.4 Å². The highest BCUT2D eigenvalue weighted by Gasteiger charge is 2.17. The van der Waals surface area contributed by atoms with Crippen molar-refractivity contribution in [1.82, 2.24) is 28.7 Å². The third-order valence-corrected chi connectivity index (χ3v) is 5.92. The van der Waals surface area contributed by atoms with Gasteiger partial charge in [0.1, 0.15) is 11.3 Å². The Morgan fingerprint density at radius 3 is 2.80 bits per heavy atom. The fourth-order valence-corrected chi connectivity index (χ4v) is 4.51. The molecule has 4 heterocycles. The van der Waals surface area contributed by atoms with Crippen molar-refractivity contribution in [2.45, 2.75) is 33.2 Å². The summed E-state index contributed by atoms with van der Waals surface area (Å²) in [5.41, 5.74) is 5.09. The maximum Gasteiger partial charge on any atom is 0.154 e. The van der Waals surface area contributed by atoms with Crippen molar-refractivity contribution in [3.8, 4) is 5.69 Å². The van der Waals surface area contributed by atoms with Gasteiger partial charge < -0.3 is 9.88 Å². The molecule has 0 saturated heterocycles. The summed E-state index contributed by atoms with van der Waals surface area (Å²) >= 11 is 1.51. The standard InChI is InChI=1S/C22H23N7S/c1-13(2)24-22-21-17(25-20(26-22)11-15-10-14(3)27-30-15)8-9-29(21)19-7-5-6-18-16(19)12-23-28(18)4/h5-10,12-13H,11H2,1-4H3,(H,24,25,26). The molecule has 0 atom stereocenters. The van der Waals surface area contributed by atoms with E-state index in [2.05, 4.69) is 69.7 Å². The first-order valence-corrected chi connectivity index (χ1v) is 10.7. The lowest BCUT2D eigenvalue weighted by Gasteiger charge is -2.15. The third kappa shape index (κ3) is 3.23. The Kier molecular flexibility index (Phi) is 4.51. The second-order valence-corrected chi connectivity index (χ2v) is 8.69. The lowest BCUT2D eigenvalue weighted by Crippen LogP contribution is -2.14. The highest BCUT2D eigenvalue weighted by Crippen LogP contribution is 2.30. The van der Waals surface area contributed by atoms with Crippen molar-refractivity contribution >= 4 is 39.3 Å². The maximum atomic E-state index is 4.90. The van der Waals surface area contributed by atoms with Gasteiger partial charge in [0.25, 0.3) is 0 Å². The second-order valence-electron chi connectivity index (χ2n) is 7.80. The minimum absolute atomic E-state index is 0.249. The SMILES string of the molecule is Cc1cc(Cc2nc(NC(C)C)c3c(ccn3-c3cccc4c3cnn4C)n2)sn1. The number of nitrogens with one attached hydrogen (secondary N) is 1. The predicted octanol–water partition coefficient (Wildman–Crippen LogP) is 4.48. The van der Waals surface area contributed by atoms with Gasteiger partial charge >= 0.3 is 0 Å². The van der Waals surface area contributed by atoms with Crippen LogP contribution in [0, 0.1) is 6.92 Å². The van der Waals surface area contributed by atoms with Gasteiger partial charge in [-0.3, -0.25) is 4.68 Å². The summed E-state index contributed by atoms with van der Waals surface area (Å²) in [6, 6.07) is 10.6. The van der Waals surface area contributed by atoms with Crippen LogP contribution >= 0.6 is 11.5 Å². The molecule has 8 heteroatoms. The zero-order valence-corrected chi connectivity index (χ0v) is 18.2.